The van der Waals surface area contributed by atoms with Gasteiger partial charge in [-0.25, -0.2) is 0 Å². The molecule has 0 radical (unpaired) electrons. The van der Waals surface area contributed by atoms with Crippen molar-refractivity contribution in [3.63, 3.8) is 0 Å². The van der Waals surface area contributed by atoms with Gasteiger partial charge in [0.1, 0.15) is 0 Å². The van der Waals surface area contributed by atoms with Gasteiger partial charge in [0, 0.05) is 32.1 Å². The van der Waals surface area contributed by atoms with Gasteiger partial charge in [-0.1, -0.05) is 27.2 Å². The van der Waals surface area contributed by atoms with Crippen LogP contribution in [-0.2, 0) is 9.53 Å². The Morgan fingerprint density at radius 1 is 1.35 bits per heavy atom. The van der Waals surface area contributed by atoms with Crippen LogP contribution in [0.3, 0.4) is 0 Å². The number of carbonyl (C=O) groups excluding carboxylic acids is 1. The number of hydrogen-bond donors (Lipinski definition) is 1. The third-order valence-corrected chi connectivity index (χ3v) is 4.16. The molecule has 0 spiro atoms. The van der Waals surface area contributed by atoms with E-state index in [1.54, 1.807) is 0 Å². The van der Waals surface area contributed by atoms with E-state index in [1.807, 2.05) is 0 Å². The van der Waals surface area contributed by atoms with E-state index in [4.69, 9.17) is 4.74 Å². The largest absolute Gasteiger partial charge is 0.375 e. The van der Waals surface area contributed by atoms with Crippen molar-refractivity contribution in [2.75, 3.05) is 32.8 Å². The number of morpholine rings is 1. The molecule has 4 heteroatoms. The van der Waals surface area contributed by atoms with Gasteiger partial charge in [0.25, 0.3) is 0 Å². The number of nitrogens with zero attached hydrogens (tertiary/aromatic N) is 1. The molecule has 20 heavy (non-hydrogen) atoms. The minimum absolute atomic E-state index is 0.249. The minimum Gasteiger partial charge on any atom is -0.375 e. The van der Waals surface area contributed by atoms with E-state index in [0.717, 1.165) is 52.0 Å². The Balaban J connectivity index is 1.63. The molecule has 116 valence electrons. The molecule has 4 nitrogen and oxygen atoms in total. The third-order valence-electron chi connectivity index (χ3n) is 4.16. The van der Waals surface area contributed by atoms with Crippen LogP contribution in [0.4, 0.5) is 0 Å². The van der Waals surface area contributed by atoms with Gasteiger partial charge in [-0.3, -0.25) is 9.69 Å². The lowest BCUT2D eigenvalue weighted by Crippen LogP contribution is -2.46. The molecular formula is C16H30N2O2. The maximum Gasteiger partial charge on any atom is 0.223 e. The molecule has 1 aliphatic heterocycles. The summed E-state index contributed by atoms with van der Waals surface area (Å²) in [5.74, 6) is 0.540. The Labute approximate surface area is 123 Å². The highest BCUT2D eigenvalue weighted by Crippen LogP contribution is 2.26. The molecule has 0 aromatic rings. The average Bonchev–Trinajstić information content (AvgIpc) is 2.24. The lowest BCUT2D eigenvalue weighted by Gasteiger charge is -2.36. The lowest BCUT2D eigenvalue weighted by atomic mass is 9.85. The second kappa shape index (κ2) is 6.90. The fraction of sp³-hybridized carbons (Fsp3) is 0.938. The summed E-state index contributed by atoms with van der Waals surface area (Å²) in [6, 6.07) is 0. The van der Waals surface area contributed by atoms with Crippen LogP contribution in [0.1, 0.15) is 46.5 Å². The summed E-state index contributed by atoms with van der Waals surface area (Å²) < 4.78 is 5.81. The van der Waals surface area contributed by atoms with E-state index in [1.165, 1.54) is 6.42 Å². The van der Waals surface area contributed by atoms with Crippen molar-refractivity contribution in [1.82, 2.24) is 10.2 Å². The first-order valence-corrected chi connectivity index (χ1v) is 8.06. The van der Waals surface area contributed by atoms with Crippen LogP contribution in [0.2, 0.25) is 0 Å². The number of ether oxygens (including phenoxy) is 1. The van der Waals surface area contributed by atoms with Crippen LogP contribution < -0.4 is 5.32 Å². The van der Waals surface area contributed by atoms with Gasteiger partial charge in [-0.2, -0.15) is 0 Å². The van der Waals surface area contributed by atoms with E-state index in [2.05, 4.69) is 31.0 Å². The smallest absolute Gasteiger partial charge is 0.223 e. The highest BCUT2D eigenvalue weighted by molar-refractivity contribution is 5.79. The second-order valence-corrected chi connectivity index (χ2v) is 7.50. The molecule has 0 aromatic heterocycles. The molecule has 1 saturated carbocycles. The molecule has 2 aliphatic rings. The molecule has 1 saturated heterocycles. The maximum atomic E-state index is 11.8. The van der Waals surface area contributed by atoms with E-state index < -0.39 is 0 Å². The fourth-order valence-electron chi connectivity index (χ4n) is 2.94. The van der Waals surface area contributed by atoms with Crippen molar-refractivity contribution in [3.8, 4) is 0 Å². The van der Waals surface area contributed by atoms with Gasteiger partial charge in [0.05, 0.1) is 12.7 Å². The molecule has 0 bridgehead atoms. The first kappa shape index (κ1) is 15.8. The van der Waals surface area contributed by atoms with Crippen molar-refractivity contribution < 1.29 is 9.53 Å². The van der Waals surface area contributed by atoms with Gasteiger partial charge in [-0.05, 0) is 24.7 Å². The van der Waals surface area contributed by atoms with Crippen molar-refractivity contribution in [2.45, 2.75) is 52.6 Å². The summed E-state index contributed by atoms with van der Waals surface area (Å²) in [4.78, 5) is 14.2. The normalized spacial score (nSPS) is 25.2. The van der Waals surface area contributed by atoms with Crippen molar-refractivity contribution in [1.29, 1.82) is 0 Å². The van der Waals surface area contributed by atoms with Gasteiger partial charge in [0.15, 0.2) is 0 Å². The molecule has 1 heterocycles. The van der Waals surface area contributed by atoms with E-state index >= 15 is 0 Å². The summed E-state index contributed by atoms with van der Waals surface area (Å²) >= 11 is 0. The first-order valence-electron chi connectivity index (χ1n) is 8.06. The van der Waals surface area contributed by atoms with E-state index in [9.17, 15) is 4.79 Å². The molecule has 1 N–H and O–H groups in total. The lowest BCUT2D eigenvalue weighted by molar-refractivity contribution is -0.127. The zero-order chi connectivity index (χ0) is 14.6. The topological polar surface area (TPSA) is 41.6 Å². The summed E-state index contributed by atoms with van der Waals surface area (Å²) in [7, 11) is 0. The van der Waals surface area contributed by atoms with Crippen LogP contribution in [0.25, 0.3) is 0 Å². The van der Waals surface area contributed by atoms with Gasteiger partial charge in [0.2, 0.25) is 5.91 Å². The highest BCUT2D eigenvalue weighted by atomic mass is 16.5. The molecule has 1 atom stereocenters. The first-order chi connectivity index (χ1) is 9.44. The maximum absolute atomic E-state index is 11.8. The number of rotatable bonds is 5. The minimum atomic E-state index is 0.249. The Morgan fingerprint density at radius 3 is 2.70 bits per heavy atom. The average molecular weight is 282 g/mol. The van der Waals surface area contributed by atoms with E-state index in [0.29, 0.717) is 11.3 Å². The summed E-state index contributed by atoms with van der Waals surface area (Å²) in [6.07, 6.45) is 4.56. The molecule has 1 unspecified atom stereocenters. The van der Waals surface area contributed by atoms with Crippen LogP contribution in [-0.4, -0.2) is 49.7 Å². The van der Waals surface area contributed by atoms with Gasteiger partial charge < -0.3 is 10.1 Å². The standard InChI is InChI=1S/C16H30N2O2/c1-16(2,3)12-18-9-10-20-14(11-18)7-8-17-15(19)13-5-4-6-13/h13-14H,4-12H2,1-3H3,(H,17,19). The highest BCUT2D eigenvalue weighted by Gasteiger charge is 2.26. The monoisotopic (exact) mass is 282 g/mol. The summed E-state index contributed by atoms with van der Waals surface area (Å²) in [6.45, 7) is 11.5. The Bertz CT molecular complexity index is 321. The zero-order valence-electron chi connectivity index (χ0n) is 13.3. The van der Waals surface area contributed by atoms with Crippen LogP contribution in [0.15, 0.2) is 0 Å². The van der Waals surface area contributed by atoms with Crippen molar-refractivity contribution in [3.05, 3.63) is 0 Å². The second-order valence-electron chi connectivity index (χ2n) is 7.50. The zero-order valence-corrected chi connectivity index (χ0v) is 13.3. The van der Waals surface area contributed by atoms with Crippen LogP contribution >= 0.6 is 0 Å². The predicted molar refractivity (Wildman–Crippen MR) is 80.6 cm³/mol. The number of nitrogens with one attached hydrogen (secondary N) is 1. The Kier molecular flexibility index (Phi) is 5.44. The molecule has 1 aliphatic carbocycles. The van der Waals surface area contributed by atoms with Gasteiger partial charge >= 0.3 is 0 Å². The molecule has 2 rings (SSSR count). The SMILES string of the molecule is CC(C)(C)CN1CCOC(CCNC(=O)C2CCC2)C1. The number of hydrogen-bond acceptors (Lipinski definition) is 3. The Hall–Kier alpha value is -0.610. The summed E-state index contributed by atoms with van der Waals surface area (Å²) in [5.41, 5.74) is 0.334. The molecular weight excluding hydrogens is 252 g/mol. The van der Waals surface area contributed by atoms with Crippen molar-refractivity contribution >= 4 is 5.91 Å². The fourth-order valence-corrected chi connectivity index (χ4v) is 2.94. The molecule has 0 aromatic carbocycles. The number of carbonyl (C=O) groups is 1. The van der Waals surface area contributed by atoms with Crippen LogP contribution in [0, 0.1) is 11.3 Å². The van der Waals surface area contributed by atoms with Crippen LogP contribution in [0.5, 0.6) is 0 Å². The molecule has 2 fully saturated rings. The van der Waals surface area contributed by atoms with Gasteiger partial charge in [-0.15, -0.1) is 0 Å². The number of amides is 1. The van der Waals surface area contributed by atoms with Crippen molar-refractivity contribution in [2.24, 2.45) is 11.3 Å². The predicted octanol–water partition coefficient (Wildman–Crippen LogP) is 2.04. The van der Waals surface area contributed by atoms with E-state index in [-0.39, 0.29) is 12.0 Å². The molecule has 1 amide bonds. The third kappa shape index (κ3) is 5.06. The Morgan fingerprint density at radius 2 is 2.10 bits per heavy atom. The quantitative estimate of drug-likeness (QED) is 0.839. The summed E-state index contributed by atoms with van der Waals surface area (Å²) in [5, 5.41) is 3.06.